The number of hydrogen-bond donors (Lipinski definition) is 3. The number of halogens is 1. The number of aliphatic hydroxyl groups is 1. The van der Waals surface area contributed by atoms with Crippen molar-refractivity contribution in [1.29, 1.82) is 5.26 Å². The van der Waals surface area contributed by atoms with Crippen molar-refractivity contribution in [2.75, 3.05) is 18.7 Å². The predicted molar refractivity (Wildman–Crippen MR) is 99.9 cm³/mol. The molecule has 0 aliphatic carbocycles. The summed E-state index contributed by atoms with van der Waals surface area (Å²) in [7, 11) is 0. The van der Waals surface area contributed by atoms with Crippen molar-refractivity contribution in [2.45, 2.75) is 12.5 Å². The Kier molecular flexibility index (Phi) is 5.40. The summed E-state index contributed by atoms with van der Waals surface area (Å²) in [5.74, 6) is -0.894. The van der Waals surface area contributed by atoms with E-state index in [2.05, 4.69) is 10.6 Å². The smallest absolute Gasteiger partial charge is 0.313 e. The maximum absolute atomic E-state index is 12.1. The normalized spacial score (nSPS) is 13.9. The Balaban J connectivity index is 1.64. The molecule has 2 amide bonds. The highest BCUT2D eigenvalue weighted by Crippen LogP contribution is 2.35. The topological polar surface area (TPSA) is 121 Å². The van der Waals surface area contributed by atoms with Crippen LogP contribution in [0.15, 0.2) is 36.4 Å². The second-order valence-electron chi connectivity index (χ2n) is 6.28. The molecule has 28 heavy (non-hydrogen) atoms. The van der Waals surface area contributed by atoms with E-state index in [1.165, 1.54) is 25.1 Å². The predicted octanol–water partition coefficient (Wildman–Crippen LogP) is 1.90. The largest absolute Gasteiger partial charge is 0.454 e. The molecule has 3 rings (SSSR count). The van der Waals surface area contributed by atoms with Crippen molar-refractivity contribution in [2.24, 2.45) is 0 Å². The number of rotatable bonds is 4. The molecule has 0 aromatic heterocycles. The molecule has 2 aromatic carbocycles. The molecule has 144 valence electrons. The third kappa shape index (κ3) is 4.17. The summed E-state index contributed by atoms with van der Waals surface area (Å²) < 4.78 is 10.5. The van der Waals surface area contributed by atoms with Crippen LogP contribution in [0, 0.1) is 11.3 Å². The fourth-order valence-electron chi connectivity index (χ4n) is 2.56. The molecule has 0 radical (unpaired) electrons. The van der Waals surface area contributed by atoms with Crippen LogP contribution in [0.1, 0.15) is 18.1 Å². The molecule has 0 fully saturated rings. The van der Waals surface area contributed by atoms with Crippen molar-refractivity contribution in [1.82, 2.24) is 5.32 Å². The van der Waals surface area contributed by atoms with Gasteiger partial charge in [-0.25, -0.2) is 0 Å². The number of carbonyl (C=O) groups is 2. The molecule has 1 atom stereocenters. The maximum atomic E-state index is 12.1. The molecule has 9 heteroatoms. The lowest BCUT2D eigenvalue weighted by atomic mass is 9.95. The minimum atomic E-state index is -1.45. The Morgan fingerprint density at radius 3 is 2.71 bits per heavy atom. The van der Waals surface area contributed by atoms with Crippen molar-refractivity contribution >= 4 is 29.1 Å². The third-order valence-corrected chi connectivity index (χ3v) is 4.38. The Bertz CT molecular complexity index is 984. The van der Waals surface area contributed by atoms with Crippen LogP contribution in [0.4, 0.5) is 5.69 Å². The zero-order chi connectivity index (χ0) is 20.3. The number of amides is 2. The monoisotopic (exact) mass is 401 g/mol. The number of benzene rings is 2. The third-order valence-electron chi connectivity index (χ3n) is 4.14. The maximum Gasteiger partial charge on any atom is 0.313 e. The van der Waals surface area contributed by atoms with Gasteiger partial charge in [-0.1, -0.05) is 17.7 Å². The molecule has 1 aliphatic heterocycles. The zero-order valence-corrected chi connectivity index (χ0v) is 15.5. The molecule has 0 bridgehead atoms. The Morgan fingerprint density at radius 1 is 1.21 bits per heavy atom. The number of nitriles is 1. The SMILES string of the molecule is CC(O)(CNC(=O)C(=O)Nc1cc(Cl)ccc1C#N)c1ccc2c(c1)OCO2. The van der Waals surface area contributed by atoms with Crippen LogP contribution in [0.3, 0.4) is 0 Å². The van der Waals surface area contributed by atoms with Crippen LogP contribution < -0.4 is 20.1 Å². The van der Waals surface area contributed by atoms with Crippen molar-refractivity contribution in [3.8, 4) is 17.6 Å². The first-order valence-electron chi connectivity index (χ1n) is 8.21. The highest BCUT2D eigenvalue weighted by atomic mass is 35.5. The van der Waals surface area contributed by atoms with Gasteiger partial charge in [-0.05, 0) is 42.8 Å². The van der Waals surface area contributed by atoms with E-state index in [1.54, 1.807) is 18.2 Å². The van der Waals surface area contributed by atoms with E-state index in [0.29, 0.717) is 22.1 Å². The van der Waals surface area contributed by atoms with Gasteiger partial charge in [-0.3, -0.25) is 9.59 Å². The molecule has 3 N–H and O–H groups in total. The van der Waals surface area contributed by atoms with Crippen LogP contribution in [-0.4, -0.2) is 30.3 Å². The standard InChI is InChI=1S/C19H16ClN3O5/c1-19(26,12-3-5-15-16(6-12)28-10-27-15)9-22-17(24)18(25)23-14-7-13(20)4-2-11(14)8-21/h2-7,26H,9-10H2,1H3,(H,22,24)(H,23,25). The molecule has 1 aliphatic rings. The molecule has 0 saturated carbocycles. The second kappa shape index (κ2) is 7.76. The van der Waals surface area contributed by atoms with Crippen LogP contribution in [0.5, 0.6) is 11.5 Å². The van der Waals surface area contributed by atoms with Crippen molar-refractivity contribution in [3.05, 3.63) is 52.5 Å². The Hall–Kier alpha value is -3.28. The van der Waals surface area contributed by atoms with Gasteiger partial charge in [0.25, 0.3) is 0 Å². The molecule has 8 nitrogen and oxygen atoms in total. The fraction of sp³-hybridized carbons (Fsp3) is 0.211. The second-order valence-corrected chi connectivity index (χ2v) is 6.72. The molecule has 0 spiro atoms. The lowest BCUT2D eigenvalue weighted by Crippen LogP contribution is -2.43. The van der Waals surface area contributed by atoms with Crippen LogP contribution in [0.2, 0.25) is 5.02 Å². The number of nitrogens with zero attached hydrogens (tertiary/aromatic N) is 1. The lowest BCUT2D eigenvalue weighted by molar-refractivity contribution is -0.136. The van der Waals surface area contributed by atoms with E-state index in [1.807, 2.05) is 6.07 Å². The summed E-state index contributed by atoms with van der Waals surface area (Å²) in [4.78, 5) is 24.2. The van der Waals surface area contributed by atoms with Crippen LogP contribution in [-0.2, 0) is 15.2 Å². The van der Waals surface area contributed by atoms with Gasteiger partial charge in [-0.2, -0.15) is 5.26 Å². The number of nitrogens with one attached hydrogen (secondary N) is 2. The Morgan fingerprint density at radius 2 is 1.96 bits per heavy atom. The van der Waals surface area contributed by atoms with E-state index in [9.17, 15) is 14.7 Å². The molecule has 2 aromatic rings. The summed E-state index contributed by atoms with van der Waals surface area (Å²) in [6, 6.07) is 11.1. The van der Waals surface area contributed by atoms with Gasteiger partial charge in [-0.15, -0.1) is 0 Å². The van der Waals surface area contributed by atoms with Crippen LogP contribution >= 0.6 is 11.6 Å². The number of hydrogen-bond acceptors (Lipinski definition) is 6. The highest BCUT2D eigenvalue weighted by molar-refractivity contribution is 6.40. The van der Waals surface area contributed by atoms with Gasteiger partial charge in [0.05, 0.1) is 17.8 Å². The van der Waals surface area contributed by atoms with Gasteiger partial charge < -0.3 is 25.2 Å². The molecule has 0 saturated heterocycles. The minimum Gasteiger partial charge on any atom is -0.454 e. The molecular weight excluding hydrogens is 386 g/mol. The summed E-state index contributed by atoms with van der Waals surface area (Å²) >= 11 is 5.85. The van der Waals surface area contributed by atoms with E-state index in [-0.39, 0.29) is 24.6 Å². The summed E-state index contributed by atoms with van der Waals surface area (Å²) in [5, 5.41) is 24.7. The number of carbonyl (C=O) groups excluding carboxylic acids is 2. The van der Waals surface area contributed by atoms with Gasteiger partial charge in [0.15, 0.2) is 11.5 Å². The zero-order valence-electron chi connectivity index (χ0n) is 14.8. The first kappa shape index (κ1) is 19.5. The minimum absolute atomic E-state index is 0.103. The van der Waals surface area contributed by atoms with Crippen molar-refractivity contribution in [3.63, 3.8) is 0 Å². The first-order chi connectivity index (χ1) is 13.3. The van der Waals surface area contributed by atoms with Crippen LogP contribution in [0.25, 0.3) is 0 Å². The molecular formula is C19H16ClN3O5. The number of fused-ring (bicyclic) bond motifs is 1. The van der Waals surface area contributed by atoms with Gasteiger partial charge in [0.1, 0.15) is 11.7 Å². The summed E-state index contributed by atoms with van der Waals surface area (Å²) in [6.45, 7) is 1.37. The van der Waals surface area contributed by atoms with Gasteiger partial charge in [0, 0.05) is 5.02 Å². The molecule has 1 unspecified atom stereocenters. The summed E-state index contributed by atoms with van der Waals surface area (Å²) in [6.07, 6.45) is 0. The summed E-state index contributed by atoms with van der Waals surface area (Å²) in [5.41, 5.74) is -0.681. The fourth-order valence-corrected chi connectivity index (χ4v) is 2.73. The average molecular weight is 402 g/mol. The van der Waals surface area contributed by atoms with Gasteiger partial charge >= 0.3 is 11.8 Å². The first-order valence-corrected chi connectivity index (χ1v) is 8.59. The van der Waals surface area contributed by atoms with E-state index in [4.69, 9.17) is 26.3 Å². The van der Waals surface area contributed by atoms with E-state index < -0.39 is 17.4 Å². The lowest BCUT2D eigenvalue weighted by Gasteiger charge is -2.24. The number of ether oxygens (including phenoxy) is 2. The number of anilines is 1. The van der Waals surface area contributed by atoms with E-state index in [0.717, 1.165) is 0 Å². The Labute approximate surface area is 165 Å². The highest BCUT2D eigenvalue weighted by Gasteiger charge is 2.28. The van der Waals surface area contributed by atoms with E-state index >= 15 is 0 Å². The van der Waals surface area contributed by atoms with Gasteiger partial charge in [0.2, 0.25) is 6.79 Å². The van der Waals surface area contributed by atoms with Crippen molar-refractivity contribution < 1.29 is 24.2 Å². The average Bonchev–Trinajstić information content (AvgIpc) is 3.14. The quantitative estimate of drug-likeness (QED) is 0.673. The molecule has 1 heterocycles.